The Hall–Kier alpha value is -1.65. The van der Waals surface area contributed by atoms with Crippen molar-refractivity contribution >= 4 is 5.97 Å². The van der Waals surface area contributed by atoms with Crippen molar-refractivity contribution < 1.29 is 9.90 Å². The number of rotatable bonds is 2. The largest absolute Gasteiger partial charge is 0.477 e. The van der Waals surface area contributed by atoms with E-state index < -0.39 is 11.5 Å². The molecule has 0 bridgehead atoms. The van der Waals surface area contributed by atoms with Gasteiger partial charge in [0.1, 0.15) is 5.56 Å². The summed E-state index contributed by atoms with van der Waals surface area (Å²) in [5.74, 6) is -0.500. The van der Waals surface area contributed by atoms with Gasteiger partial charge in [0.05, 0.1) is 6.04 Å². The molecule has 1 heterocycles. The summed E-state index contributed by atoms with van der Waals surface area (Å²) in [6.45, 7) is 2.19. The van der Waals surface area contributed by atoms with Crippen molar-refractivity contribution in [3.05, 3.63) is 28.2 Å². The Balaban J connectivity index is 2.30. The van der Waals surface area contributed by atoms with E-state index in [4.69, 9.17) is 5.11 Å². The van der Waals surface area contributed by atoms with Crippen molar-refractivity contribution in [2.45, 2.75) is 38.6 Å². The van der Waals surface area contributed by atoms with Gasteiger partial charge in [0, 0.05) is 6.20 Å². The highest BCUT2D eigenvalue weighted by Crippen LogP contribution is 2.30. The number of aromatic carboxylic acids is 1. The fourth-order valence-corrected chi connectivity index (χ4v) is 2.34. The Morgan fingerprint density at radius 1 is 1.41 bits per heavy atom. The van der Waals surface area contributed by atoms with Gasteiger partial charge < -0.3 is 5.11 Å². The van der Waals surface area contributed by atoms with Gasteiger partial charge in [-0.15, -0.1) is 0 Å². The Bertz CT molecular complexity index is 473. The monoisotopic (exact) mass is 236 g/mol. The molecule has 0 amide bonds. The van der Waals surface area contributed by atoms with Crippen LogP contribution in [0.4, 0.5) is 0 Å². The van der Waals surface area contributed by atoms with E-state index in [2.05, 4.69) is 12.0 Å². The molecule has 0 saturated heterocycles. The molecule has 0 radical (unpaired) electrons. The standard InChI is InChI=1S/C12H16N2O3/c1-8-2-4-9(5-3-8)14-11(15)10(12(16)17)6-7-13-14/h6-9H,2-5H2,1H3,(H,16,17). The molecule has 1 N–H and O–H groups in total. The second kappa shape index (κ2) is 4.69. The quantitative estimate of drug-likeness (QED) is 0.848. The predicted octanol–water partition coefficient (Wildman–Crippen LogP) is 1.69. The molecule has 1 aliphatic rings. The third-order valence-electron chi connectivity index (χ3n) is 3.43. The second-order valence-electron chi connectivity index (χ2n) is 4.71. The number of aromatic nitrogens is 2. The van der Waals surface area contributed by atoms with Crippen molar-refractivity contribution in [2.24, 2.45) is 5.92 Å². The molecule has 1 saturated carbocycles. The van der Waals surface area contributed by atoms with Gasteiger partial charge in [0.25, 0.3) is 5.56 Å². The SMILES string of the molecule is CC1CCC(n2nccc(C(=O)O)c2=O)CC1. The zero-order chi connectivity index (χ0) is 12.4. The van der Waals surface area contributed by atoms with Crippen molar-refractivity contribution in [3.63, 3.8) is 0 Å². The fraction of sp³-hybridized carbons (Fsp3) is 0.583. The van der Waals surface area contributed by atoms with Crippen LogP contribution >= 0.6 is 0 Å². The molecule has 0 spiro atoms. The first-order chi connectivity index (χ1) is 8.09. The van der Waals surface area contributed by atoms with E-state index in [9.17, 15) is 9.59 Å². The zero-order valence-corrected chi connectivity index (χ0v) is 9.80. The van der Waals surface area contributed by atoms with Gasteiger partial charge in [-0.3, -0.25) is 4.79 Å². The van der Waals surface area contributed by atoms with Crippen molar-refractivity contribution in [1.29, 1.82) is 0 Å². The molecule has 2 rings (SSSR count). The van der Waals surface area contributed by atoms with Gasteiger partial charge in [0.2, 0.25) is 0 Å². The molecular weight excluding hydrogens is 220 g/mol. The minimum absolute atomic E-state index is 0.0537. The van der Waals surface area contributed by atoms with E-state index in [1.807, 2.05) is 0 Å². The zero-order valence-electron chi connectivity index (χ0n) is 9.80. The van der Waals surface area contributed by atoms with Gasteiger partial charge in [0.15, 0.2) is 0 Å². The van der Waals surface area contributed by atoms with Gasteiger partial charge in [-0.2, -0.15) is 5.10 Å². The molecule has 1 aliphatic carbocycles. The summed E-state index contributed by atoms with van der Waals surface area (Å²) < 4.78 is 1.34. The maximum absolute atomic E-state index is 11.9. The van der Waals surface area contributed by atoms with E-state index in [0.29, 0.717) is 5.92 Å². The van der Waals surface area contributed by atoms with Crippen LogP contribution in [0.25, 0.3) is 0 Å². The summed E-state index contributed by atoms with van der Waals surface area (Å²) in [5, 5.41) is 12.9. The van der Waals surface area contributed by atoms with Crippen LogP contribution in [-0.2, 0) is 0 Å². The highest BCUT2D eigenvalue weighted by Gasteiger charge is 2.22. The van der Waals surface area contributed by atoms with Crippen LogP contribution in [0, 0.1) is 5.92 Å². The lowest BCUT2D eigenvalue weighted by Crippen LogP contribution is -2.33. The molecule has 0 aliphatic heterocycles. The second-order valence-corrected chi connectivity index (χ2v) is 4.71. The Morgan fingerprint density at radius 2 is 2.06 bits per heavy atom. The van der Waals surface area contributed by atoms with Crippen LogP contribution < -0.4 is 5.56 Å². The summed E-state index contributed by atoms with van der Waals surface area (Å²) >= 11 is 0. The van der Waals surface area contributed by atoms with Crippen molar-refractivity contribution in [3.8, 4) is 0 Å². The summed E-state index contributed by atoms with van der Waals surface area (Å²) in [4.78, 5) is 22.8. The molecule has 0 aromatic carbocycles. The minimum Gasteiger partial charge on any atom is -0.477 e. The average Bonchev–Trinajstić information content (AvgIpc) is 2.30. The fourth-order valence-electron chi connectivity index (χ4n) is 2.34. The number of hydrogen-bond acceptors (Lipinski definition) is 3. The van der Waals surface area contributed by atoms with Gasteiger partial charge in [-0.1, -0.05) is 6.92 Å². The molecule has 5 nitrogen and oxygen atoms in total. The van der Waals surface area contributed by atoms with Gasteiger partial charge in [-0.05, 0) is 37.7 Å². The molecule has 1 aromatic rings. The van der Waals surface area contributed by atoms with Gasteiger partial charge in [-0.25, -0.2) is 9.48 Å². The number of carboxylic acid groups (broad SMARTS) is 1. The van der Waals surface area contributed by atoms with Gasteiger partial charge >= 0.3 is 5.97 Å². The van der Waals surface area contributed by atoms with E-state index in [-0.39, 0.29) is 11.6 Å². The lowest BCUT2D eigenvalue weighted by Gasteiger charge is -2.26. The molecule has 1 fully saturated rings. The molecule has 1 aromatic heterocycles. The smallest absolute Gasteiger partial charge is 0.341 e. The number of hydrogen-bond donors (Lipinski definition) is 1. The first-order valence-corrected chi connectivity index (χ1v) is 5.90. The third kappa shape index (κ3) is 2.38. The minimum atomic E-state index is -1.18. The predicted molar refractivity (Wildman–Crippen MR) is 62.1 cm³/mol. The van der Waals surface area contributed by atoms with Crippen LogP contribution in [0.5, 0.6) is 0 Å². The van der Waals surface area contributed by atoms with E-state index >= 15 is 0 Å². The van der Waals surface area contributed by atoms with Crippen LogP contribution in [0.2, 0.25) is 0 Å². The lowest BCUT2D eigenvalue weighted by atomic mass is 9.87. The highest BCUT2D eigenvalue weighted by molar-refractivity contribution is 5.86. The first-order valence-electron chi connectivity index (χ1n) is 5.90. The Labute approximate surface area is 99.1 Å². The van der Waals surface area contributed by atoms with E-state index in [1.165, 1.54) is 16.9 Å². The maximum atomic E-state index is 11.9. The van der Waals surface area contributed by atoms with Crippen LogP contribution in [0.3, 0.4) is 0 Å². The third-order valence-corrected chi connectivity index (χ3v) is 3.43. The lowest BCUT2D eigenvalue weighted by molar-refractivity contribution is 0.0693. The highest BCUT2D eigenvalue weighted by atomic mass is 16.4. The van der Waals surface area contributed by atoms with Crippen LogP contribution in [0.15, 0.2) is 17.1 Å². The van der Waals surface area contributed by atoms with Crippen LogP contribution in [-0.4, -0.2) is 20.9 Å². The molecular formula is C12H16N2O3. The van der Waals surface area contributed by atoms with E-state index in [1.54, 1.807) is 0 Å². The van der Waals surface area contributed by atoms with Crippen molar-refractivity contribution in [2.75, 3.05) is 0 Å². The molecule has 0 unspecified atom stereocenters. The Morgan fingerprint density at radius 3 is 2.65 bits per heavy atom. The number of carboxylic acids is 1. The Kier molecular flexibility index (Phi) is 3.26. The normalized spacial score (nSPS) is 24.5. The summed E-state index contributed by atoms with van der Waals surface area (Å²) in [5.41, 5.74) is -0.682. The summed E-state index contributed by atoms with van der Waals surface area (Å²) in [6, 6.07) is 1.31. The average molecular weight is 236 g/mol. The summed E-state index contributed by atoms with van der Waals surface area (Å²) in [7, 11) is 0. The van der Waals surface area contributed by atoms with E-state index in [0.717, 1.165) is 25.7 Å². The molecule has 5 heteroatoms. The summed E-state index contributed by atoms with van der Waals surface area (Å²) in [6.07, 6.45) is 5.32. The number of carbonyl (C=O) groups is 1. The van der Waals surface area contributed by atoms with Crippen LogP contribution in [0.1, 0.15) is 49.0 Å². The topological polar surface area (TPSA) is 72.2 Å². The number of nitrogens with zero attached hydrogens (tertiary/aromatic N) is 2. The molecule has 17 heavy (non-hydrogen) atoms. The van der Waals surface area contributed by atoms with Crippen molar-refractivity contribution in [1.82, 2.24) is 9.78 Å². The molecule has 0 atom stereocenters. The first kappa shape index (κ1) is 11.8. The maximum Gasteiger partial charge on any atom is 0.341 e. The molecule has 92 valence electrons.